The highest BCUT2D eigenvalue weighted by atomic mass is 32.2. The number of pyridine rings is 1. The summed E-state index contributed by atoms with van der Waals surface area (Å²) < 4.78 is 0. The molecule has 2 amide bonds. The second-order valence-corrected chi connectivity index (χ2v) is 6.88. The van der Waals surface area contributed by atoms with Crippen LogP contribution >= 0.6 is 11.8 Å². The highest BCUT2D eigenvalue weighted by Crippen LogP contribution is 2.15. The number of carbonyl (C=O) groups is 1. The van der Waals surface area contributed by atoms with Gasteiger partial charge in [-0.2, -0.15) is 0 Å². The van der Waals surface area contributed by atoms with Gasteiger partial charge in [0.15, 0.2) is 0 Å². The summed E-state index contributed by atoms with van der Waals surface area (Å²) in [4.78, 5) is 19.7. The minimum atomic E-state index is -0.0651. The van der Waals surface area contributed by atoms with Gasteiger partial charge in [-0.15, -0.1) is 11.8 Å². The zero-order valence-electron chi connectivity index (χ0n) is 14.7. The summed E-state index contributed by atoms with van der Waals surface area (Å²) in [5.41, 5.74) is 3.31. The third-order valence-electron chi connectivity index (χ3n) is 4.04. The molecule has 0 aliphatic carbocycles. The molecule has 0 unspecified atom stereocenters. The molecular formula is C19H25N3OS. The van der Waals surface area contributed by atoms with Gasteiger partial charge in [0.25, 0.3) is 0 Å². The van der Waals surface area contributed by atoms with Crippen LogP contribution in [0.5, 0.6) is 0 Å². The number of aryl methyl sites for hydroxylation is 1. The molecule has 0 bridgehead atoms. The van der Waals surface area contributed by atoms with E-state index in [2.05, 4.69) is 35.4 Å². The number of nitrogens with one attached hydrogen (secondary N) is 1. The molecule has 128 valence electrons. The molecule has 0 spiro atoms. The number of hydrogen-bond donors (Lipinski definition) is 1. The molecule has 0 saturated heterocycles. The van der Waals surface area contributed by atoms with E-state index < -0.39 is 0 Å². The van der Waals surface area contributed by atoms with E-state index in [9.17, 15) is 4.79 Å². The van der Waals surface area contributed by atoms with Gasteiger partial charge in [0.05, 0.1) is 0 Å². The molecule has 4 nitrogen and oxygen atoms in total. The van der Waals surface area contributed by atoms with Crippen LogP contribution in [0.4, 0.5) is 4.79 Å². The maximum atomic E-state index is 12.4. The average Bonchev–Trinajstić information content (AvgIpc) is 2.59. The lowest BCUT2D eigenvalue weighted by molar-refractivity contribution is 0.193. The number of amides is 2. The number of likely N-dealkylation sites (N-methyl/N-ethyl adjacent to an activating group) is 1. The second-order valence-electron chi connectivity index (χ2n) is 6.00. The van der Waals surface area contributed by atoms with Crippen LogP contribution in [0.15, 0.2) is 47.5 Å². The van der Waals surface area contributed by atoms with E-state index in [1.165, 1.54) is 10.5 Å². The molecule has 1 aromatic heterocycles. The summed E-state index contributed by atoms with van der Waals surface area (Å²) in [6.45, 7) is 4.62. The summed E-state index contributed by atoms with van der Waals surface area (Å²) in [5.74, 6) is 0. The van der Waals surface area contributed by atoms with E-state index in [1.54, 1.807) is 16.7 Å². The van der Waals surface area contributed by atoms with Crippen molar-refractivity contribution in [3.8, 4) is 0 Å². The first kappa shape index (κ1) is 18.3. The molecule has 1 N–H and O–H groups in total. The Balaban J connectivity index is 1.88. The fourth-order valence-corrected chi connectivity index (χ4v) is 2.92. The Labute approximate surface area is 148 Å². The molecule has 0 saturated carbocycles. The van der Waals surface area contributed by atoms with Crippen LogP contribution in [0, 0.1) is 6.92 Å². The smallest absolute Gasteiger partial charge is 0.317 e. The third-order valence-corrected chi connectivity index (χ3v) is 4.76. The largest absolute Gasteiger partial charge is 0.334 e. The number of nitrogens with zero attached hydrogens (tertiary/aromatic N) is 2. The molecule has 0 aliphatic heterocycles. The van der Waals surface area contributed by atoms with Crippen LogP contribution in [0.1, 0.15) is 23.7 Å². The summed E-state index contributed by atoms with van der Waals surface area (Å²) in [5, 5.41) is 2.99. The Morgan fingerprint density at radius 1 is 1.33 bits per heavy atom. The van der Waals surface area contributed by atoms with Crippen molar-refractivity contribution in [3.63, 3.8) is 0 Å². The molecule has 0 fully saturated rings. The van der Waals surface area contributed by atoms with Crippen LogP contribution in [-0.2, 0) is 13.0 Å². The second kappa shape index (κ2) is 8.73. The normalized spacial score (nSPS) is 11.8. The van der Waals surface area contributed by atoms with Crippen molar-refractivity contribution in [1.82, 2.24) is 15.2 Å². The fourth-order valence-electron chi connectivity index (χ4n) is 2.43. The van der Waals surface area contributed by atoms with E-state index in [-0.39, 0.29) is 12.1 Å². The van der Waals surface area contributed by atoms with E-state index >= 15 is 0 Å². The molecule has 1 heterocycles. The number of rotatable bonds is 6. The van der Waals surface area contributed by atoms with E-state index in [0.717, 1.165) is 17.7 Å². The first-order valence-electron chi connectivity index (χ1n) is 8.04. The molecule has 5 heteroatoms. The van der Waals surface area contributed by atoms with E-state index in [1.807, 2.05) is 44.6 Å². The van der Waals surface area contributed by atoms with Gasteiger partial charge in [0.2, 0.25) is 0 Å². The summed E-state index contributed by atoms with van der Waals surface area (Å²) in [6, 6.07) is 12.3. The molecular weight excluding hydrogens is 318 g/mol. The monoisotopic (exact) mass is 343 g/mol. The number of urea groups is 1. The van der Waals surface area contributed by atoms with Crippen molar-refractivity contribution in [1.29, 1.82) is 0 Å². The van der Waals surface area contributed by atoms with E-state index in [4.69, 9.17) is 0 Å². The maximum Gasteiger partial charge on any atom is 0.317 e. The van der Waals surface area contributed by atoms with Gasteiger partial charge < -0.3 is 10.2 Å². The molecule has 1 aromatic carbocycles. The summed E-state index contributed by atoms with van der Waals surface area (Å²) in [7, 11) is 1.83. The Kier molecular flexibility index (Phi) is 6.67. The van der Waals surface area contributed by atoms with Crippen molar-refractivity contribution >= 4 is 17.8 Å². The van der Waals surface area contributed by atoms with Crippen LogP contribution in [0.3, 0.4) is 0 Å². The fraction of sp³-hybridized carbons (Fsp3) is 0.368. The molecule has 2 rings (SSSR count). The maximum absolute atomic E-state index is 12.4. The summed E-state index contributed by atoms with van der Waals surface area (Å²) >= 11 is 1.70. The first-order chi connectivity index (χ1) is 11.5. The lowest BCUT2D eigenvalue weighted by Crippen LogP contribution is -2.43. The predicted octanol–water partition coefficient (Wildman–Crippen LogP) is 3.88. The van der Waals surface area contributed by atoms with Gasteiger partial charge in [-0.05, 0) is 55.5 Å². The molecule has 0 aliphatic rings. The lowest BCUT2D eigenvalue weighted by atomic mass is 10.1. The minimum absolute atomic E-state index is 0.0651. The van der Waals surface area contributed by atoms with Gasteiger partial charge in [-0.1, -0.05) is 12.1 Å². The number of benzene rings is 1. The average molecular weight is 343 g/mol. The summed E-state index contributed by atoms with van der Waals surface area (Å²) in [6.07, 6.45) is 4.61. The molecule has 0 radical (unpaired) electrons. The SMILES string of the molecule is CSc1cccc(CNC(=O)N(C)[C@@H](C)Cc2cc(C)ccn2)c1. The zero-order valence-corrected chi connectivity index (χ0v) is 15.6. The third kappa shape index (κ3) is 5.27. The number of carbonyl (C=O) groups excluding carboxylic acids is 1. The highest BCUT2D eigenvalue weighted by Gasteiger charge is 2.16. The van der Waals surface area contributed by atoms with Crippen molar-refractivity contribution in [2.24, 2.45) is 0 Å². The number of aromatic nitrogens is 1. The quantitative estimate of drug-likeness (QED) is 0.810. The van der Waals surface area contributed by atoms with Gasteiger partial charge in [0.1, 0.15) is 0 Å². The van der Waals surface area contributed by atoms with Crippen molar-refractivity contribution in [2.45, 2.75) is 37.8 Å². The Morgan fingerprint density at radius 3 is 2.83 bits per heavy atom. The van der Waals surface area contributed by atoms with Crippen molar-refractivity contribution in [2.75, 3.05) is 13.3 Å². The van der Waals surface area contributed by atoms with Gasteiger partial charge in [0, 0.05) is 42.8 Å². The predicted molar refractivity (Wildman–Crippen MR) is 100 cm³/mol. The molecule has 2 aromatic rings. The number of hydrogen-bond acceptors (Lipinski definition) is 3. The Hall–Kier alpha value is -2.01. The van der Waals surface area contributed by atoms with Gasteiger partial charge in [-0.25, -0.2) is 4.79 Å². The van der Waals surface area contributed by atoms with Crippen LogP contribution in [-0.4, -0.2) is 35.3 Å². The van der Waals surface area contributed by atoms with Crippen LogP contribution in [0.25, 0.3) is 0 Å². The van der Waals surface area contributed by atoms with Crippen molar-refractivity contribution in [3.05, 3.63) is 59.4 Å². The van der Waals surface area contributed by atoms with E-state index in [0.29, 0.717) is 6.54 Å². The van der Waals surface area contributed by atoms with Gasteiger partial charge in [-0.3, -0.25) is 4.98 Å². The van der Waals surface area contributed by atoms with Crippen molar-refractivity contribution < 1.29 is 4.79 Å². The topological polar surface area (TPSA) is 45.2 Å². The lowest BCUT2D eigenvalue weighted by Gasteiger charge is -2.25. The number of thioether (sulfide) groups is 1. The Bertz CT molecular complexity index is 690. The Morgan fingerprint density at radius 2 is 2.12 bits per heavy atom. The molecule has 1 atom stereocenters. The molecule has 24 heavy (non-hydrogen) atoms. The minimum Gasteiger partial charge on any atom is -0.334 e. The van der Waals surface area contributed by atoms with Gasteiger partial charge >= 0.3 is 6.03 Å². The van der Waals surface area contributed by atoms with Crippen LogP contribution in [0.2, 0.25) is 0 Å². The highest BCUT2D eigenvalue weighted by molar-refractivity contribution is 7.98. The van der Waals surface area contributed by atoms with Crippen LogP contribution < -0.4 is 5.32 Å². The first-order valence-corrected chi connectivity index (χ1v) is 9.27. The standard InChI is InChI=1S/C19H25N3OS/c1-14-8-9-20-17(10-14)11-15(2)22(3)19(23)21-13-16-6-5-7-18(12-16)24-4/h5-10,12,15H,11,13H2,1-4H3,(H,21,23)/t15-/m0/s1. The zero-order chi connectivity index (χ0) is 17.5.